The zero-order valence-corrected chi connectivity index (χ0v) is 14.9. The van der Waals surface area contributed by atoms with E-state index in [4.69, 9.17) is 9.15 Å². The van der Waals surface area contributed by atoms with Crippen molar-refractivity contribution in [3.8, 4) is 17.2 Å². The summed E-state index contributed by atoms with van der Waals surface area (Å²) in [6.07, 6.45) is 0. The lowest BCUT2D eigenvalue weighted by Gasteiger charge is -2.09. The van der Waals surface area contributed by atoms with Crippen LogP contribution >= 0.6 is 11.8 Å². The highest BCUT2D eigenvalue weighted by Gasteiger charge is 2.20. The molecule has 0 saturated carbocycles. The molecule has 1 aromatic heterocycles. The minimum atomic E-state index is -0.510. The average molecular weight is 373 g/mol. The molecule has 0 spiro atoms. The van der Waals surface area contributed by atoms with Crippen molar-refractivity contribution < 1.29 is 18.3 Å². The highest BCUT2D eigenvalue weighted by Crippen LogP contribution is 2.31. The van der Waals surface area contributed by atoms with Gasteiger partial charge in [-0.05, 0) is 37.3 Å². The van der Waals surface area contributed by atoms with Gasteiger partial charge in [-0.25, -0.2) is 4.39 Å². The number of nitrogens with zero attached hydrogens (tertiary/aromatic N) is 2. The minimum Gasteiger partial charge on any atom is -0.496 e. The van der Waals surface area contributed by atoms with Crippen LogP contribution in [0.2, 0.25) is 0 Å². The van der Waals surface area contributed by atoms with E-state index in [1.54, 1.807) is 32.2 Å². The number of benzene rings is 2. The zero-order chi connectivity index (χ0) is 18.5. The normalized spacial score (nSPS) is 11.8. The van der Waals surface area contributed by atoms with E-state index in [-0.39, 0.29) is 11.1 Å². The van der Waals surface area contributed by atoms with E-state index in [0.717, 1.165) is 11.8 Å². The molecule has 0 aliphatic carbocycles. The number of para-hydroxylation sites is 1. The number of methoxy groups -OCH3 is 1. The summed E-state index contributed by atoms with van der Waals surface area (Å²) >= 11 is 1.12. The largest absolute Gasteiger partial charge is 0.496 e. The maximum atomic E-state index is 13.2. The molecule has 0 radical (unpaired) electrons. The van der Waals surface area contributed by atoms with Crippen LogP contribution in [0.25, 0.3) is 11.5 Å². The Bertz CT molecular complexity index is 916. The fraction of sp³-hybridized carbons (Fsp3) is 0.167. The number of hydrogen-bond donors (Lipinski definition) is 1. The molecule has 8 heteroatoms. The fourth-order valence-corrected chi connectivity index (χ4v) is 2.89. The van der Waals surface area contributed by atoms with Crippen molar-refractivity contribution in [1.82, 2.24) is 10.2 Å². The molecule has 26 heavy (non-hydrogen) atoms. The smallest absolute Gasteiger partial charge is 0.277 e. The lowest BCUT2D eigenvalue weighted by molar-refractivity contribution is -0.115. The Hall–Kier alpha value is -2.87. The fourth-order valence-electron chi connectivity index (χ4n) is 2.20. The Labute approximate surface area is 153 Å². The topological polar surface area (TPSA) is 77.2 Å². The van der Waals surface area contributed by atoms with Crippen LogP contribution in [-0.2, 0) is 4.79 Å². The van der Waals surface area contributed by atoms with E-state index in [0.29, 0.717) is 22.9 Å². The van der Waals surface area contributed by atoms with Crippen molar-refractivity contribution in [3.63, 3.8) is 0 Å². The summed E-state index contributed by atoms with van der Waals surface area (Å²) in [6.45, 7) is 1.70. The Kier molecular flexibility index (Phi) is 5.52. The molecule has 1 unspecified atom stereocenters. The van der Waals surface area contributed by atoms with E-state index in [1.807, 2.05) is 12.1 Å². The number of carbonyl (C=O) groups excluding carboxylic acids is 1. The maximum Gasteiger partial charge on any atom is 0.277 e. The Balaban J connectivity index is 1.67. The molecule has 6 nitrogen and oxygen atoms in total. The predicted octanol–water partition coefficient (Wildman–Crippen LogP) is 4.00. The number of anilines is 1. The van der Waals surface area contributed by atoms with Crippen LogP contribution < -0.4 is 10.1 Å². The van der Waals surface area contributed by atoms with Gasteiger partial charge in [0.25, 0.3) is 11.1 Å². The molecule has 1 amide bonds. The van der Waals surface area contributed by atoms with Gasteiger partial charge in [0.2, 0.25) is 5.91 Å². The molecule has 0 fully saturated rings. The van der Waals surface area contributed by atoms with Crippen LogP contribution in [0.5, 0.6) is 5.75 Å². The van der Waals surface area contributed by atoms with Gasteiger partial charge >= 0.3 is 0 Å². The number of carbonyl (C=O) groups is 1. The van der Waals surface area contributed by atoms with E-state index in [1.165, 1.54) is 18.2 Å². The predicted molar refractivity (Wildman–Crippen MR) is 96.6 cm³/mol. The number of aromatic nitrogens is 2. The molecule has 1 heterocycles. The third kappa shape index (κ3) is 4.20. The zero-order valence-electron chi connectivity index (χ0n) is 14.1. The third-order valence-electron chi connectivity index (χ3n) is 3.48. The molecule has 1 atom stereocenters. The number of ether oxygens (including phenoxy) is 1. The quantitative estimate of drug-likeness (QED) is 0.658. The van der Waals surface area contributed by atoms with Crippen molar-refractivity contribution in [2.75, 3.05) is 12.4 Å². The summed E-state index contributed by atoms with van der Waals surface area (Å²) in [7, 11) is 1.56. The van der Waals surface area contributed by atoms with Crippen molar-refractivity contribution in [2.24, 2.45) is 0 Å². The number of halogens is 1. The Morgan fingerprint density at radius 3 is 2.81 bits per heavy atom. The first kappa shape index (κ1) is 17.9. The van der Waals surface area contributed by atoms with Gasteiger partial charge in [0, 0.05) is 5.69 Å². The van der Waals surface area contributed by atoms with Crippen molar-refractivity contribution in [3.05, 3.63) is 54.3 Å². The first-order valence-electron chi connectivity index (χ1n) is 7.77. The van der Waals surface area contributed by atoms with Crippen molar-refractivity contribution in [1.29, 1.82) is 0 Å². The van der Waals surface area contributed by atoms with Crippen LogP contribution in [0.4, 0.5) is 10.1 Å². The third-order valence-corrected chi connectivity index (χ3v) is 4.42. The molecule has 1 N–H and O–H groups in total. The number of hydrogen-bond acceptors (Lipinski definition) is 6. The van der Waals surface area contributed by atoms with Gasteiger partial charge in [0.1, 0.15) is 11.6 Å². The molecule has 3 rings (SSSR count). The summed E-state index contributed by atoms with van der Waals surface area (Å²) in [5.41, 5.74) is 1.06. The molecule has 0 aliphatic heterocycles. The lowest BCUT2D eigenvalue weighted by Crippen LogP contribution is -2.22. The second-order valence-corrected chi connectivity index (χ2v) is 6.63. The molecule has 134 valence electrons. The number of nitrogens with one attached hydrogen (secondary N) is 1. The van der Waals surface area contributed by atoms with Crippen LogP contribution in [0.15, 0.2) is 58.2 Å². The van der Waals surface area contributed by atoms with E-state index >= 15 is 0 Å². The molecule has 0 saturated heterocycles. The van der Waals surface area contributed by atoms with Gasteiger partial charge in [-0.2, -0.15) is 0 Å². The summed E-state index contributed by atoms with van der Waals surface area (Å²) in [5.74, 6) is 0.214. The highest BCUT2D eigenvalue weighted by atomic mass is 32.2. The van der Waals surface area contributed by atoms with Crippen LogP contribution in [0, 0.1) is 5.82 Å². The van der Waals surface area contributed by atoms with Crippen LogP contribution in [0.1, 0.15) is 6.92 Å². The lowest BCUT2D eigenvalue weighted by atomic mass is 10.2. The highest BCUT2D eigenvalue weighted by molar-refractivity contribution is 8.00. The summed E-state index contributed by atoms with van der Waals surface area (Å²) < 4.78 is 24.1. The minimum absolute atomic E-state index is 0.257. The number of amides is 1. The molecule has 3 aromatic rings. The van der Waals surface area contributed by atoms with E-state index in [2.05, 4.69) is 15.5 Å². The number of rotatable bonds is 6. The van der Waals surface area contributed by atoms with Crippen molar-refractivity contribution in [2.45, 2.75) is 17.4 Å². The molecule has 2 aromatic carbocycles. The van der Waals surface area contributed by atoms with Gasteiger partial charge in [0.15, 0.2) is 0 Å². The Morgan fingerprint density at radius 1 is 1.23 bits per heavy atom. The molecular weight excluding hydrogens is 357 g/mol. The molecule has 0 aliphatic rings. The van der Waals surface area contributed by atoms with E-state index in [9.17, 15) is 9.18 Å². The van der Waals surface area contributed by atoms with Gasteiger partial charge in [-0.15, -0.1) is 10.2 Å². The summed E-state index contributed by atoms with van der Waals surface area (Å²) in [4.78, 5) is 12.2. The van der Waals surface area contributed by atoms with Crippen molar-refractivity contribution >= 4 is 23.4 Å². The summed E-state index contributed by atoms with van der Waals surface area (Å²) in [5, 5.41) is 10.4. The van der Waals surface area contributed by atoms with Crippen LogP contribution in [0.3, 0.4) is 0 Å². The second-order valence-electron chi connectivity index (χ2n) is 5.33. The van der Waals surface area contributed by atoms with E-state index < -0.39 is 11.1 Å². The molecule has 0 bridgehead atoms. The first-order valence-corrected chi connectivity index (χ1v) is 8.65. The van der Waals surface area contributed by atoms with Gasteiger partial charge in [-0.1, -0.05) is 30.0 Å². The second kappa shape index (κ2) is 8.01. The van der Waals surface area contributed by atoms with Gasteiger partial charge < -0.3 is 14.5 Å². The standard InChI is InChI=1S/C18H16FN3O3S/c1-11(16(23)20-13-7-5-6-12(19)10-13)26-18-22-21-17(25-18)14-8-3-4-9-15(14)24-2/h3-11H,1-2H3,(H,20,23). The maximum absolute atomic E-state index is 13.2. The average Bonchev–Trinajstić information content (AvgIpc) is 3.10. The first-order chi connectivity index (χ1) is 12.6. The van der Waals surface area contributed by atoms with Gasteiger partial charge in [0.05, 0.1) is 17.9 Å². The van der Waals surface area contributed by atoms with Crippen LogP contribution in [-0.4, -0.2) is 28.5 Å². The monoisotopic (exact) mass is 373 g/mol. The SMILES string of the molecule is COc1ccccc1-c1nnc(SC(C)C(=O)Nc2cccc(F)c2)o1. The Morgan fingerprint density at radius 2 is 2.04 bits per heavy atom. The number of thioether (sulfide) groups is 1. The summed E-state index contributed by atoms with van der Waals surface area (Å²) in [6, 6.07) is 13.0. The van der Waals surface area contributed by atoms with Gasteiger partial charge in [-0.3, -0.25) is 4.79 Å². The molecular formula is C18H16FN3O3S.